The molecule has 4 N–H and O–H groups in total. The van der Waals surface area contributed by atoms with E-state index in [0.717, 1.165) is 16.7 Å². The number of carboxylic acids is 1. The van der Waals surface area contributed by atoms with Gasteiger partial charge in [0.25, 0.3) is 0 Å². The lowest BCUT2D eigenvalue weighted by Gasteiger charge is -2.36. The first-order chi connectivity index (χ1) is 18.1. The number of nitrogens with one attached hydrogen (secondary N) is 1. The van der Waals surface area contributed by atoms with Gasteiger partial charge in [-0.2, -0.15) is 5.10 Å². The van der Waals surface area contributed by atoms with Crippen LogP contribution in [0.3, 0.4) is 0 Å². The Kier molecular flexibility index (Phi) is 8.90. The van der Waals surface area contributed by atoms with Crippen molar-refractivity contribution in [3.8, 4) is 0 Å². The van der Waals surface area contributed by atoms with E-state index in [4.69, 9.17) is 10.7 Å². The first kappa shape index (κ1) is 25.9. The summed E-state index contributed by atoms with van der Waals surface area (Å²) in [5.74, 6) is 4.35. The van der Waals surface area contributed by atoms with Gasteiger partial charge in [0.15, 0.2) is 5.13 Å². The van der Waals surface area contributed by atoms with Crippen LogP contribution in [0.2, 0.25) is 0 Å². The van der Waals surface area contributed by atoms with Crippen LogP contribution in [0.5, 0.6) is 0 Å². The van der Waals surface area contributed by atoms with Crippen LogP contribution in [-0.2, 0) is 15.2 Å². The zero-order chi connectivity index (χ0) is 25.9. The van der Waals surface area contributed by atoms with Gasteiger partial charge in [-0.05, 0) is 16.7 Å². The number of oxime groups is 1. The molecular weight excluding hydrogens is 506 g/mol. The van der Waals surface area contributed by atoms with Gasteiger partial charge in [-0.25, -0.2) is 9.78 Å². The largest absolute Gasteiger partial charge is 0.476 e. The molecule has 1 aromatic heterocycles. The smallest absolute Gasteiger partial charge is 0.360 e. The number of aromatic nitrogens is 1. The Balaban J connectivity index is 1.72. The molecule has 8 nitrogen and oxygen atoms in total. The molecule has 4 rings (SSSR count). The number of nitrogens with zero attached hydrogens (tertiary/aromatic N) is 3. The molecule has 4 aromatic rings. The number of nitrogens with two attached hydrogens (primary N) is 1. The second-order valence-electron chi connectivity index (χ2n) is 7.71. The summed E-state index contributed by atoms with van der Waals surface area (Å²) >= 11 is 2.63. The average Bonchev–Trinajstić information content (AvgIpc) is 3.40. The van der Waals surface area contributed by atoms with Crippen molar-refractivity contribution in [1.82, 2.24) is 4.98 Å². The quantitative estimate of drug-likeness (QED) is 0.0588. The van der Waals surface area contributed by atoms with Crippen molar-refractivity contribution in [3.63, 3.8) is 0 Å². The number of hydrogen-bond acceptors (Lipinski definition) is 9. The third-order valence-corrected chi connectivity index (χ3v) is 6.88. The molecule has 0 unspecified atom stereocenters. The zero-order valence-corrected chi connectivity index (χ0v) is 21.4. The van der Waals surface area contributed by atoms with E-state index in [1.165, 1.54) is 28.6 Å². The van der Waals surface area contributed by atoms with Gasteiger partial charge in [-0.1, -0.05) is 96.2 Å². The fraction of sp³-hybridized carbons (Fsp3) is 0.111. The molecule has 0 aliphatic rings. The number of benzene rings is 3. The summed E-state index contributed by atoms with van der Waals surface area (Å²) in [5, 5.41) is 22.8. The molecule has 0 saturated heterocycles. The highest BCUT2D eigenvalue weighted by Crippen LogP contribution is 2.40. The molecule has 0 bridgehead atoms. The van der Waals surface area contributed by atoms with Crippen LogP contribution in [0.15, 0.2) is 107 Å². The Bertz CT molecular complexity index is 1250. The number of anilines is 1. The van der Waals surface area contributed by atoms with Crippen molar-refractivity contribution in [2.45, 2.75) is 5.54 Å². The molecule has 0 fully saturated rings. The third-order valence-electron chi connectivity index (χ3n) is 5.45. The summed E-state index contributed by atoms with van der Waals surface area (Å²) in [6.07, 6.45) is 0. The van der Waals surface area contributed by atoms with E-state index < -0.39 is 11.5 Å². The fourth-order valence-electron chi connectivity index (χ4n) is 3.87. The Labute approximate surface area is 222 Å². The van der Waals surface area contributed by atoms with Gasteiger partial charge in [0, 0.05) is 11.1 Å². The van der Waals surface area contributed by atoms with Gasteiger partial charge in [-0.15, -0.1) is 23.1 Å². The summed E-state index contributed by atoms with van der Waals surface area (Å²) < 4.78 is 0. The summed E-state index contributed by atoms with van der Waals surface area (Å²) in [5.41, 5.74) is 3.67. The van der Waals surface area contributed by atoms with Crippen molar-refractivity contribution in [1.29, 1.82) is 0 Å². The van der Waals surface area contributed by atoms with Gasteiger partial charge < -0.3 is 21.1 Å². The first-order valence-corrected chi connectivity index (χ1v) is 13.2. The number of hydrazone groups is 1. The van der Waals surface area contributed by atoms with Crippen LogP contribution in [0.25, 0.3) is 0 Å². The molecule has 0 spiro atoms. The first-order valence-electron chi connectivity index (χ1n) is 11.3. The maximum Gasteiger partial charge on any atom is 0.360 e. The monoisotopic (exact) mass is 531 g/mol. The molecular formula is C27H25N5O3S2. The summed E-state index contributed by atoms with van der Waals surface area (Å²) in [6.45, 7) is 0.196. The number of aliphatic carboxylic acids is 1. The third kappa shape index (κ3) is 6.16. The van der Waals surface area contributed by atoms with E-state index in [2.05, 4.69) is 57.0 Å². The Morgan fingerprint density at radius 3 is 2.03 bits per heavy atom. The van der Waals surface area contributed by atoms with Crippen molar-refractivity contribution >= 4 is 45.5 Å². The molecule has 0 radical (unpaired) electrons. The van der Waals surface area contributed by atoms with Crippen molar-refractivity contribution in [2.75, 3.05) is 17.7 Å². The minimum absolute atomic E-state index is 0.196. The number of carboxylic acid groups (broad SMARTS) is 1. The molecule has 0 aliphatic carbocycles. The van der Waals surface area contributed by atoms with Crippen molar-refractivity contribution < 1.29 is 14.7 Å². The molecule has 10 heteroatoms. The Hall–Kier alpha value is -4.15. The molecule has 37 heavy (non-hydrogen) atoms. The number of carbonyl (C=O) groups is 1. The lowest BCUT2D eigenvalue weighted by atomic mass is 9.77. The second kappa shape index (κ2) is 12.7. The summed E-state index contributed by atoms with van der Waals surface area (Å²) in [7, 11) is 0. The standard InChI is InChI=1S/C27H25N5O3S2/c28-29-19-36-17-16-35-32-24(25(33)34)23-18-37-26(30-23)31-27(20-10-4-1-5-11-20,21-12-6-2-7-13-21)22-14-8-3-9-15-22/h1-15,18-19H,16-17,28H2,(H,30,31)(H,33,34). The highest BCUT2D eigenvalue weighted by Gasteiger charge is 2.37. The topological polar surface area (TPSA) is 122 Å². The minimum atomic E-state index is -1.23. The lowest BCUT2D eigenvalue weighted by molar-refractivity contribution is -0.129. The highest BCUT2D eigenvalue weighted by molar-refractivity contribution is 8.12. The van der Waals surface area contributed by atoms with Crippen LogP contribution in [0.4, 0.5) is 5.13 Å². The molecule has 188 valence electrons. The average molecular weight is 532 g/mol. The molecule has 0 saturated carbocycles. The van der Waals surface area contributed by atoms with E-state index in [9.17, 15) is 9.90 Å². The minimum Gasteiger partial charge on any atom is -0.476 e. The Morgan fingerprint density at radius 1 is 1.00 bits per heavy atom. The van der Waals surface area contributed by atoms with Crippen LogP contribution >= 0.6 is 23.1 Å². The molecule has 1 heterocycles. The highest BCUT2D eigenvalue weighted by atomic mass is 32.2. The van der Waals surface area contributed by atoms with Gasteiger partial charge in [0.05, 0.1) is 5.55 Å². The van der Waals surface area contributed by atoms with E-state index in [-0.39, 0.29) is 18.0 Å². The molecule has 0 amide bonds. The number of thioether (sulfide) groups is 1. The second-order valence-corrected chi connectivity index (χ2v) is 9.53. The van der Waals surface area contributed by atoms with Crippen LogP contribution in [0, 0.1) is 0 Å². The van der Waals surface area contributed by atoms with Crippen molar-refractivity contribution in [2.24, 2.45) is 16.1 Å². The van der Waals surface area contributed by atoms with E-state index in [1.54, 1.807) is 5.38 Å². The van der Waals surface area contributed by atoms with Gasteiger partial charge in [0.2, 0.25) is 5.71 Å². The van der Waals surface area contributed by atoms with E-state index in [1.807, 2.05) is 54.6 Å². The van der Waals surface area contributed by atoms with Gasteiger partial charge in [-0.3, -0.25) is 0 Å². The maximum absolute atomic E-state index is 11.9. The fourth-order valence-corrected chi connectivity index (χ4v) is 4.98. The predicted molar refractivity (Wildman–Crippen MR) is 150 cm³/mol. The van der Waals surface area contributed by atoms with E-state index >= 15 is 0 Å². The molecule has 0 aliphatic heterocycles. The normalized spacial score (nSPS) is 11.9. The van der Waals surface area contributed by atoms with E-state index in [0.29, 0.717) is 10.9 Å². The maximum atomic E-state index is 11.9. The number of hydrogen-bond donors (Lipinski definition) is 3. The predicted octanol–water partition coefficient (Wildman–Crippen LogP) is 4.99. The number of thiazole rings is 1. The van der Waals surface area contributed by atoms with Gasteiger partial charge in [0.1, 0.15) is 17.8 Å². The lowest BCUT2D eigenvalue weighted by Crippen LogP contribution is -2.38. The number of rotatable bonds is 12. The summed E-state index contributed by atoms with van der Waals surface area (Å²) in [4.78, 5) is 21.7. The zero-order valence-electron chi connectivity index (χ0n) is 19.7. The Morgan fingerprint density at radius 2 is 1.54 bits per heavy atom. The van der Waals surface area contributed by atoms with Crippen molar-refractivity contribution in [3.05, 3.63) is 119 Å². The van der Waals surface area contributed by atoms with Crippen LogP contribution in [-0.4, -0.2) is 39.7 Å². The van der Waals surface area contributed by atoms with Crippen LogP contribution in [0.1, 0.15) is 22.4 Å². The van der Waals surface area contributed by atoms with Crippen LogP contribution < -0.4 is 11.2 Å². The summed E-state index contributed by atoms with van der Waals surface area (Å²) in [6, 6.07) is 30.3. The molecule has 3 aromatic carbocycles. The molecule has 0 atom stereocenters. The SMILES string of the molecule is NN=CSCCON=C(C(=O)O)c1csc(NC(c2ccccc2)(c2ccccc2)c2ccccc2)n1. The van der Waals surface area contributed by atoms with Gasteiger partial charge >= 0.3 is 5.97 Å².